The minimum atomic E-state index is -0.581. The highest BCUT2D eigenvalue weighted by molar-refractivity contribution is 5.96. The number of amides is 2. The molecule has 1 aliphatic rings. The second-order valence-electron chi connectivity index (χ2n) is 8.17. The number of hydrogen-bond donors (Lipinski definition) is 2. The van der Waals surface area contributed by atoms with Crippen LogP contribution in [0.5, 0.6) is 0 Å². The Hall–Kier alpha value is -3.15. The lowest BCUT2D eigenvalue weighted by molar-refractivity contribution is -0.118. The summed E-state index contributed by atoms with van der Waals surface area (Å²) >= 11 is 0. The molecule has 2 amide bonds. The molecule has 2 unspecified atom stereocenters. The quantitative estimate of drug-likeness (QED) is 0.679. The molecule has 0 fully saturated rings. The van der Waals surface area contributed by atoms with Crippen LogP contribution in [0.15, 0.2) is 54.7 Å². The van der Waals surface area contributed by atoms with Gasteiger partial charge in [-0.05, 0) is 51.0 Å². The van der Waals surface area contributed by atoms with Crippen molar-refractivity contribution < 1.29 is 14.3 Å². The van der Waals surface area contributed by atoms with Gasteiger partial charge in [-0.1, -0.05) is 37.3 Å². The van der Waals surface area contributed by atoms with Gasteiger partial charge in [-0.25, -0.2) is 4.79 Å². The van der Waals surface area contributed by atoms with Crippen LogP contribution in [0.25, 0.3) is 11.3 Å². The van der Waals surface area contributed by atoms with E-state index < -0.39 is 11.7 Å². The minimum absolute atomic E-state index is 0.108. The lowest BCUT2D eigenvalue weighted by Crippen LogP contribution is -2.35. The molecule has 0 radical (unpaired) electrons. The van der Waals surface area contributed by atoms with Crippen LogP contribution in [0.1, 0.15) is 45.7 Å². The molecular weight excluding hydrogens is 366 g/mol. The van der Waals surface area contributed by atoms with Crippen LogP contribution in [0.2, 0.25) is 0 Å². The maximum absolute atomic E-state index is 12.6. The fraction of sp³-hybridized carbons (Fsp3) is 0.348. The van der Waals surface area contributed by atoms with Crippen LogP contribution in [0, 0.1) is 5.92 Å². The fourth-order valence-corrected chi connectivity index (χ4v) is 3.12. The van der Waals surface area contributed by atoms with Crippen molar-refractivity contribution in [2.75, 3.05) is 5.32 Å². The fourth-order valence-electron chi connectivity index (χ4n) is 3.12. The zero-order valence-corrected chi connectivity index (χ0v) is 17.2. The molecule has 2 heterocycles. The Balaban J connectivity index is 2.01. The Labute approximate surface area is 171 Å². The number of rotatable bonds is 1. The summed E-state index contributed by atoms with van der Waals surface area (Å²) in [7, 11) is 0. The van der Waals surface area contributed by atoms with Crippen molar-refractivity contribution in [3.8, 4) is 11.3 Å². The molecule has 6 nitrogen and oxygen atoms in total. The number of carbonyl (C=O) groups is 2. The molecule has 1 aliphatic heterocycles. The van der Waals surface area contributed by atoms with Gasteiger partial charge >= 0.3 is 6.09 Å². The SMILES string of the molecule is CC1/C=C/CC(NC(=O)OC(C)(C)C)c2cccc(c2)-c2ncccc2NC1=O. The van der Waals surface area contributed by atoms with Gasteiger partial charge in [-0.3, -0.25) is 9.78 Å². The summed E-state index contributed by atoms with van der Waals surface area (Å²) in [4.78, 5) is 29.4. The van der Waals surface area contributed by atoms with E-state index in [0.717, 1.165) is 11.1 Å². The van der Waals surface area contributed by atoms with E-state index in [1.165, 1.54) is 0 Å². The highest BCUT2D eigenvalue weighted by atomic mass is 16.6. The Morgan fingerprint density at radius 3 is 2.79 bits per heavy atom. The highest BCUT2D eigenvalue weighted by Crippen LogP contribution is 2.30. The van der Waals surface area contributed by atoms with Crippen LogP contribution in [0.4, 0.5) is 10.5 Å². The molecule has 2 aromatic rings. The summed E-state index contributed by atoms with van der Waals surface area (Å²) in [6.45, 7) is 7.33. The first kappa shape index (κ1) is 20.6. The third kappa shape index (κ3) is 5.44. The van der Waals surface area contributed by atoms with Gasteiger partial charge in [0.2, 0.25) is 5.91 Å². The van der Waals surface area contributed by atoms with E-state index in [2.05, 4.69) is 15.6 Å². The first-order chi connectivity index (χ1) is 13.7. The smallest absolute Gasteiger partial charge is 0.408 e. The van der Waals surface area contributed by atoms with Gasteiger partial charge in [0.1, 0.15) is 5.60 Å². The van der Waals surface area contributed by atoms with Crippen LogP contribution in [-0.4, -0.2) is 22.6 Å². The van der Waals surface area contributed by atoms with Gasteiger partial charge < -0.3 is 15.4 Å². The molecule has 29 heavy (non-hydrogen) atoms. The molecule has 3 rings (SSSR count). The second-order valence-corrected chi connectivity index (χ2v) is 8.17. The molecule has 0 saturated carbocycles. The number of benzene rings is 1. The second kappa shape index (κ2) is 8.47. The number of anilines is 1. The van der Waals surface area contributed by atoms with Crippen LogP contribution in [-0.2, 0) is 9.53 Å². The summed E-state index contributed by atoms with van der Waals surface area (Å²) in [5.41, 5.74) is 2.58. The average Bonchev–Trinajstić information content (AvgIpc) is 2.65. The van der Waals surface area contributed by atoms with Crippen molar-refractivity contribution >= 4 is 17.7 Å². The van der Waals surface area contributed by atoms with Gasteiger partial charge in [0.25, 0.3) is 0 Å². The van der Waals surface area contributed by atoms with Crippen LogP contribution in [0.3, 0.4) is 0 Å². The van der Waals surface area contributed by atoms with E-state index in [4.69, 9.17) is 4.74 Å². The summed E-state index contributed by atoms with van der Waals surface area (Å²) in [6.07, 6.45) is 5.53. The predicted molar refractivity (Wildman–Crippen MR) is 113 cm³/mol. The van der Waals surface area contributed by atoms with Crippen molar-refractivity contribution in [2.24, 2.45) is 5.92 Å². The van der Waals surface area contributed by atoms with E-state index in [0.29, 0.717) is 17.8 Å². The summed E-state index contributed by atoms with van der Waals surface area (Å²) in [5, 5.41) is 5.92. The number of fused-ring (bicyclic) bond motifs is 4. The normalized spacial score (nSPS) is 20.3. The number of aromatic nitrogens is 1. The third-order valence-corrected chi connectivity index (χ3v) is 4.53. The maximum atomic E-state index is 12.6. The number of hydrogen-bond acceptors (Lipinski definition) is 4. The van der Waals surface area contributed by atoms with E-state index in [-0.39, 0.29) is 17.9 Å². The van der Waals surface area contributed by atoms with Crippen molar-refractivity contribution in [3.63, 3.8) is 0 Å². The number of nitrogens with one attached hydrogen (secondary N) is 2. The van der Waals surface area contributed by atoms with Gasteiger partial charge in [0.05, 0.1) is 23.3 Å². The van der Waals surface area contributed by atoms with E-state index >= 15 is 0 Å². The standard InChI is InChI=1S/C23H27N3O3/c1-15-8-5-11-18(26-22(28)29-23(2,3)4)16-9-6-10-17(14-16)20-19(25-21(15)27)12-7-13-24-20/h5-10,12-15,18H,11H2,1-4H3,(H,25,27)(H,26,28)/b8-5+. The molecule has 2 atom stereocenters. The summed E-state index contributed by atoms with van der Waals surface area (Å²) in [6, 6.07) is 11.2. The Morgan fingerprint density at radius 2 is 2.03 bits per heavy atom. The number of alkyl carbamates (subject to hydrolysis) is 1. The molecule has 0 spiro atoms. The number of ether oxygens (including phenoxy) is 1. The topological polar surface area (TPSA) is 80.3 Å². The summed E-state index contributed by atoms with van der Waals surface area (Å²) in [5.74, 6) is -0.424. The van der Waals surface area contributed by atoms with Crippen LogP contribution >= 0.6 is 0 Å². The zero-order valence-electron chi connectivity index (χ0n) is 17.2. The number of carbonyl (C=O) groups excluding carboxylic acids is 2. The summed E-state index contributed by atoms with van der Waals surface area (Å²) < 4.78 is 5.43. The first-order valence-electron chi connectivity index (χ1n) is 9.75. The highest BCUT2D eigenvalue weighted by Gasteiger charge is 2.22. The molecule has 152 valence electrons. The van der Waals surface area contributed by atoms with Crippen LogP contribution < -0.4 is 10.6 Å². The van der Waals surface area contributed by atoms with Crippen molar-refractivity contribution in [2.45, 2.75) is 45.8 Å². The van der Waals surface area contributed by atoms with Gasteiger partial charge in [-0.2, -0.15) is 0 Å². The lowest BCUT2D eigenvalue weighted by Gasteiger charge is -2.24. The molecule has 1 aromatic heterocycles. The Morgan fingerprint density at radius 1 is 1.24 bits per heavy atom. The van der Waals surface area contributed by atoms with Gasteiger partial charge in [0.15, 0.2) is 0 Å². The van der Waals surface area contributed by atoms with Gasteiger partial charge in [0, 0.05) is 11.8 Å². The lowest BCUT2D eigenvalue weighted by atomic mass is 9.97. The Kier molecular flexibility index (Phi) is 6.01. The van der Waals surface area contributed by atoms with Crippen molar-refractivity contribution in [1.82, 2.24) is 10.3 Å². The average molecular weight is 393 g/mol. The molecule has 2 bridgehead atoms. The largest absolute Gasteiger partial charge is 0.444 e. The third-order valence-electron chi connectivity index (χ3n) is 4.53. The van der Waals surface area contributed by atoms with Crippen molar-refractivity contribution in [3.05, 3.63) is 60.3 Å². The first-order valence-corrected chi connectivity index (χ1v) is 9.75. The molecule has 2 N–H and O–H groups in total. The Bertz CT molecular complexity index is 931. The minimum Gasteiger partial charge on any atom is -0.444 e. The molecule has 0 aliphatic carbocycles. The molecular formula is C23H27N3O3. The number of nitrogens with zero attached hydrogens (tertiary/aromatic N) is 1. The zero-order chi connectivity index (χ0) is 21.0. The molecule has 0 saturated heterocycles. The maximum Gasteiger partial charge on any atom is 0.408 e. The molecule has 6 heteroatoms. The van der Waals surface area contributed by atoms with E-state index in [1.54, 1.807) is 12.3 Å². The van der Waals surface area contributed by atoms with E-state index in [1.807, 2.05) is 70.2 Å². The van der Waals surface area contributed by atoms with Gasteiger partial charge in [-0.15, -0.1) is 0 Å². The van der Waals surface area contributed by atoms with E-state index in [9.17, 15) is 9.59 Å². The van der Waals surface area contributed by atoms with Crippen molar-refractivity contribution in [1.29, 1.82) is 0 Å². The monoisotopic (exact) mass is 393 g/mol. The molecule has 1 aromatic carbocycles. The number of pyridine rings is 1. The predicted octanol–water partition coefficient (Wildman–Crippen LogP) is 4.85.